The lowest BCUT2D eigenvalue weighted by Gasteiger charge is -2.20. The summed E-state index contributed by atoms with van der Waals surface area (Å²) in [5.74, 6) is -0.223. The quantitative estimate of drug-likeness (QED) is 0.793. The maximum atomic E-state index is 11.7. The van der Waals surface area contributed by atoms with Crippen LogP contribution in [0.4, 0.5) is 0 Å². The molecule has 0 radical (unpaired) electrons. The fourth-order valence-electron chi connectivity index (χ4n) is 1.14. The maximum absolute atomic E-state index is 11.7. The number of carbonyl (C=O) groups is 1. The van der Waals surface area contributed by atoms with E-state index >= 15 is 0 Å². The third kappa shape index (κ3) is 5.97. The van der Waals surface area contributed by atoms with Gasteiger partial charge in [0.2, 0.25) is 0 Å². The van der Waals surface area contributed by atoms with Crippen molar-refractivity contribution in [3.8, 4) is 0 Å². The maximum Gasteiger partial charge on any atom is 0.261 e. The Kier molecular flexibility index (Phi) is 5.80. The van der Waals surface area contributed by atoms with E-state index in [1.807, 2.05) is 19.6 Å². The standard InChI is InChI=1S/C11H18ClNO3SSi/c1-18(2,3)16-7-8(14)6-13-11(15)9-4-5-10(12)17-9/h4-5,8,14H,6-7H2,1-3H3,(H,13,15). The molecule has 1 aromatic rings. The molecular weight excluding hydrogens is 290 g/mol. The molecule has 1 aromatic heterocycles. The summed E-state index contributed by atoms with van der Waals surface area (Å²) in [6, 6.07) is 3.33. The molecule has 1 rings (SSSR count). The molecule has 1 atom stereocenters. The molecule has 0 spiro atoms. The molecule has 0 saturated heterocycles. The molecule has 102 valence electrons. The number of thiophene rings is 1. The summed E-state index contributed by atoms with van der Waals surface area (Å²) in [5, 5.41) is 12.3. The van der Waals surface area contributed by atoms with Gasteiger partial charge in [0.1, 0.15) is 0 Å². The number of halogens is 1. The minimum Gasteiger partial charge on any atom is -0.415 e. The number of aliphatic hydroxyl groups excluding tert-OH is 1. The van der Waals surface area contributed by atoms with Crippen LogP contribution >= 0.6 is 22.9 Å². The number of hydrogen-bond acceptors (Lipinski definition) is 4. The Morgan fingerprint density at radius 3 is 2.72 bits per heavy atom. The van der Waals surface area contributed by atoms with Gasteiger partial charge in [0.05, 0.1) is 21.9 Å². The third-order valence-electron chi connectivity index (χ3n) is 2.00. The predicted molar refractivity (Wildman–Crippen MR) is 77.0 cm³/mol. The van der Waals surface area contributed by atoms with E-state index in [1.165, 1.54) is 11.3 Å². The van der Waals surface area contributed by atoms with E-state index in [9.17, 15) is 9.90 Å². The van der Waals surface area contributed by atoms with Crippen molar-refractivity contribution in [1.82, 2.24) is 5.32 Å². The minimum atomic E-state index is -1.62. The molecule has 4 nitrogen and oxygen atoms in total. The van der Waals surface area contributed by atoms with Crippen LogP contribution in [0.25, 0.3) is 0 Å². The molecule has 0 fully saturated rings. The molecule has 1 heterocycles. The van der Waals surface area contributed by atoms with Crippen molar-refractivity contribution >= 4 is 37.2 Å². The van der Waals surface area contributed by atoms with Gasteiger partial charge < -0.3 is 14.8 Å². The summed E-state index contributed by atoms with van der Waals surface area (Å²) in [7, 11) is -1.62. The third-order valence-corrected chi connectivity index (χ3v) is 4.27. The van der Waals surface area contributed by atoms with Crippen molar-refractivity contribution in [1.29, 1.82) is 0 Å². The smallest absolute Gasteiger partial charge is 0.261 e. The highest BCUT2D eigenvalue weighted by Crippen LogP contribution is 2.20. The van der Waals surface area contributed by atoms with Crippen molar-refractivity contribution in [2.24, 2.45) is 0 Å². The van der Waals surface area contributed by atoms with Crippen LogP contribution in [0.1, 0.15) is 9.67 Å². The highest BCUT2D eigenvalue weighted by atomic mass is 35.5. The first-order chi connectivity index (χ1) is 8.28. The number of hydrogen-bond donors (Lipinski definition) is 2. The Balaban J connectivity index is 2.30. The van der Waals surface area contributed by atoms with Gasteiger partial charge in [-0.3, -0.25) is 4.79 Å². The Morgan fingerprint density at radius 2 is 2.22 bits per heavy atom. The molecule has 0 aliphatic carbocycles. The second kappa shape index (κ2) is 6.67. The van der Waals surface area contributed by atoms with E-state index in [2.05, 4.69) is 5.32 Å². The second-order valence-corrected chi connectivity index (χ2v) is 11.1. The van der Waals surface area contributed by atoms with Crippen LogP contribution < -0.4 is 5.32 Å². The van der Waals surface area contributed by atoms with Gasteiger partial charge >= 0.3 is 0 Å². The van der Waals surface area contributed by atoms with Crippen LogP contribution in [0.3, 0.4) is 0 Å². The lowest BCUT2D eigenvalue weighted by atomic mass is 10.3. The zero-order valence-corrected chi connectivity index (χ0v) is 13.3. The zero-order chi connectivity index (χ0) is 13.8. The molecule has 7 heteroatoms. The van der Waals surface area contributed by atoms with Gasteiger partial charge in [-0.05, 0) is 31.8 Å². The van der Waals surface area contributed by atoms with Gasteiger partial charge in [0.15, 0.2) is 8.32 Å². The first kappa shape index (κ1) is 15.7. The van der Waals surface area contributed by atoms with Crippen molar-refractivity contribution in [3.63, 3.8) is 0 Å². The van der Waals surface area contributed by atoms with E-state index in [0.29, 0.717) is 9.21 Å². The molecule has 1 unspecified atom stereocenters. The number of nitrogens with one attached hydrogen (secondary N) is 1. The van der Waals surface area contributed by atoms with Crippen LogP contribution in [-0.4, -0.2) is 38.6 Å². The van der Waals surface area contributed by atoms with E-state index in [-0.39, 0.29) is 19.1 Å². The van der Waals surface area contributed by atoms with Crippen molar-refractivity contribution in [2.45, 2.75) is 25.7 Å². The Bertz CT molecular complexity index is 405. The fourth-order valence-corrected chi connectivity index (χ4v) is 2.79. The first-order valence-electron chi connectivity index (χ1n) is 5.63. The zero-order valence-electron chi connectivity index (χ0n) is 10.7. The van der Waals surface area contributed by atoms with Crippen LogP contribution in [0.5, 0.6) is 0 Å². The topological polar surface area (TPSA) is 58.6 Å². The summed E-state index contributed by atoms with van der Waals surface area (Å²) in [6.07, 6.45) is -0.684. The highest BCUT2D eigenvalue weighted by Gasteiger charge is 2.17. The molecule has 18 heavy (non-hydrogen) atoms. The number of amides is 1. The van der Waals surface area contributed by atoms with E-state index < -0.39 is 14.4 Å². The van der Waals surface area contributed by atoms with E-state index in [1.54, 1.807) is 12.1 Å². The Labute approximate surface area is 117 Å². The molecular formula is C11H18ClNO3SSi. The summed E-state index contributed by atoms with van der Waals surface area (Å²) < 4.78 is 6.12. The monoisotopic (exact) mass is 307 g/mol. The molecule has 0 aliphatic heterocycles. The average molecular weight is 308 g/mol. The summed E-state index contributed by atoms with van der Waals surface area (Å²) >= 11 is 6.95. The van der Waals surface area contributed by atoms with E-state index in [0.717, 1.165) is 0 Å². The largest absolute Gasteiger partial charge is 0.415 e. The van der Waals surface area contributed by atoms with Gasteiger partial charge in [-0.15, -0.1) is 11.3 Å². The molecule has 0 saturated carbocycles. The summed E-state index contributed by atoms with van der Waals surface area (Å²) in [5.41, 5.74) is 0. The lowest BCUT2D eigenvalue weighted by Crippen LogP contribution is -2.37. The van der Waals surface area contributed by atoms with Crippen LogP contribution in [0, 0.1) is 0 Å². The average Bonchev–Trinajstić information content (AvgIpc) is 2.69. The normalized spacial score (nSPS) is 13.4. The van der Waals surface area contributed by atoms with Crippen LogP contribution in [0.15, 0.2) is 12.1 Å². The van der Waals surface area contributed by atoms with E-state index in [4.69, 9.17) is 16.0 Å². The molecule has 1 amide bonds. The van der Waals surface area contributed by atoms with Crippen molar-refractivity contribution in [3.05, 3.63) is 21.3 Å². The van der Waals surface area contributed by atoms with Crippen molar-refractivity contribution in [2.75, 3.05) is 13.2 Å². The minimum absolute atomic E-state index is 0.179. The number of rotatable bonds is 6. The predicted octanol–water partition coefficient (Wildman–Crippen LogP) is 2.34. The lowest BCUT2D eigenvalue weighted by molar-refractivity contribution is 0.0837. The number of aliphatic hydroxyl groups is 1. The van der Waals surface area contributed by atoms with Gasteiger partial charge in [-0.25, -0.2) is 0 Å². The molecule has 0 bridgehead atoms. The molecule has 2 N–H and O–H groups in total. The van der Waals surface area contributed by atoms with Gasteiger partial charge in [-0.1, -0.05) is 11.6 Å². The number of carbonyl (C=O) groups excluding carboxylic acids is 1. The van der Waals surface area contributed by atoms with Gasteiger partial charge in [-0.2, -0.15) is 0 Å². The molecule has 0 aromatic carbocycles. The Hall–Kier alpha value is -0.403. The molecule has 0 aliphatic rings. The second-order valence-electron chi connectivity index (χ2n) is 4.89. The fraction of sp³-hybridized carbons (Fsp3) is 0.545. The summed E-state index contributed by atoms with van der Waals surface area (Å²) in [4.78, 5) is 12.2. The van der Waals surface area contributed by atoms with Gasteiger partial charge in [0.25, 0.3) is 5.91 Å². The van der Waals surface area contributed by atoms with Crippen LogP contribution in [-0.2, 0) is 4.43 Å². The van der Waals surface area contributed by atoms with Crippen molar-refractivity contribution < 1.29 is 14.3 Å². The SMILES string of the molecule is C[Si](C)(C)OCC(O)CNC(=O)c1ccc(Cl)s1. The highest BCUT2D eigenvalue weighted by molar-refractivity contribution is 7.17. The first-order valence-corrected chi connectivity index (χ1v) is 10.2. The summed E-state index contributed by atoms with van der Waals surface area (Å²) in [6.45, 7) is 6.57. The van der Waals surface area contributed by atoms with Crippen LogP contribution in [0.2, 0.25) is 24.0 Å². The van der Waals surface area contributed by atoms with Gasteiger partial charge in [0, 0.05) is 6.54 Å². The Morgan fingerprint density at radius 1 is 1.56 bits per heavy atom.